The van der Waals surface area contributed by atoms with Crippen molar-refractivity contribution in [1.29, 1.82) is 0 Å². The molecule has 0 aliphatic heterocycles. The Morgan fingerprint density at radius 2 is 2.18 bits per heavy atom. The quantitative estimate of drug-likeness (QED) is 0.449. The van der Waals surface area contributed by atoms with Gasteiger partial charge in [0.2, 0.25) is 0 Å². The number of carboxylic acids is 1. The lowest BCUT2D eigenvalue weighted by atomic mass is 10.1. The number of anilines is 1. The Morgan fingerprint density at radius 1 is 1.47 bits per heavy atom. The van der Waals surface area contributed by atoms with E-state index in [-0.39, 0.29) is 6.42 Å². The first kappa shape index (κ1) is 12.6. The topological polar surface area (TPSA) is 89.6 Å². The zero-order valence-electron chi connectivity index (χ0n) is 9.19. The highest BCUT2D eigenvalue weighted by atomic mass is 16.5. The first-order valence-corrected chi connectivity index (χ1v) is 4.73. The summed E-state index contributed by atoms with van der Waals surface area (Å²) in [5.74, 6) is 3.54. The third-order valence-electron chi connectivity index (χ3n) is 1.94. The number of benzene rings is 1. The van der Waals surface area contributed by atoms with Gasteiger partial charge in [0.1, 0.15) is 6.42 Å². The Kier molecular flexibility index (Phi) is 4.12. The fourth-order valence-electron chi connectivity index (χ4n) is 1.12. The molecule has 5 nitrogen and oxygen atoms in total. The lowest BCUT2D eigenvalue weighted by Gasteiger charge is -2.02. The van der Waals surface area contributed by atoms with Gasteiger partial charge in [0, 0.05) is 11.3 Å². The largest absolute Gasteiger partial charge is 0.481 e. The third kappa shape index (κ3) is 3.54. The van der Waals surface area contributed by atoms with Gasteiger partial charge in [-0.15, -0.1) is 0 Å². The summed E-state index contributed by atoms with van der Waals surface area (Å²) in [6, 6.07) is 4.51. The number of nitrogen functional groups attached to an aromatic ring is 1. The Balaban J connectivity index is 3.01. The van der Waals surface area contributed by atoms with Crippen molar-refractivity contribution in [3.05, 3.63) is 29.3 Å². The fourth-order valence-corrected chi connectivity index (χ4v) is 1.12. The van der Waals surface area contributed by atoms with Crippen LogP contribution < -0.4 is 5.73 Å². The highest BCUT2D eigenvalue weighted by Crippen LogP contribution is 2.13. The van der Waals surface area contributed by atoms with Crippen LogP contribution in [0.2, 0.25) is 0 Å². The zero-order valence-corrected chi connectivity index (χ0v) is 9.19. The van der Waals surface area contributed by atoms with Crippen LogP contribution in [0.15, 0.2) is 18.2 Å². The zero-order chi connectivity index (χ0) is 12.8. The van der Waals surface area contributed by atoms with Gasteiger partial charge in [0.25, 0.3) is 0 Å². The first-order valence-electron chi connectivity index (χ1n) is 4.73. The summed E-state index contributed by atoms with van der Waals surface area (Å²) >= 11 is 0. The van der Waals surface area contributed by atoms with Crippen molar-refractivity contribution >= 4 is 17.6 Å². The van der Waals surface area contributed by atoms with Gasteiger partial charge in [-0.25, -0.2) is 4.79 Å². The maximum absolute atomic E-state index is 11.3. The van der Waals surface area contributed by atoms with Crippen molar-refractivity contribution in [3.63, 3.8) is 0 Å². The predicted octanol–water partition coefficient (Wildman–Crippen LogP) is 0.882. The standard InChI is InChI=1S/C12H11NO4/c1-17-12(16)9-5-6-10(13)8(7-9)3-2-4-11(14)15/h5-7H,4,13H2,1H3,(H,14,15). The minimum absolute atomic E-state index is 0.276. The maximum Gasteiger partial charge on any atom is 0.337 e. The lowest BCUT2D eigenvalue weighted by molar-refractivity contribution is -0.135. The normalized spacial score (nSPS) is 9.00. The Hall–Kier alpha value is -2.48. The van der Waals surface area contributed by atoms with E-state index in [0.717, 1.165) is 0 Å². The van der Waals surface area contributed by atoms with Crippen LogP contribution in [0.4, 0.5) is 5.69 Å². The van der Waals surface area contributed by atoms with Gasteiger partial charge in [-0.3, -0.25) is 4.79 Å². The molecule has 0 spiro atoms. The summed E-state index contributed by atoms with van der Waals surface area (Å²) in [6.07, 6.45) is -0.276. The molecule has 0 fully saturated rings. The number of carbonyl (C=O) groups excluding carboxylic acids is 1. The Labute approximate surface area is 98.2 Å². The van der Waals surface area contributed by atoms with Crippen LogP contribution in [0.1, 0.15) is 22.3 Å². The Bertz CT molecular complexity index is 511. The van der Waals surface area contributed by atoms with Crippen molar-refractivity contribution in [2.75, 3.05) is 12.8 Å². The van der Waals surface area contributed by atoms with Gasteiger partial charge < -0.3 is 15.6 Å². The molecule has 0 saturated heterocycles. The molecule has 1 rings (SSSR count). The van der Waals surface area contributed by atoms with E-state index in [9.17, 15) is 9.59 Å². The number of hydrogen-bond donors (Lipinski definition) is 2. The van der Waals surface area contributed by atoms with Gasteiger partial charge in [-0.05, 0) is 18.2 Å². The minimum Gasteiger partial charge on any atom is -0.481 e. The molecule has 0 heterocycles. The van der Waals surface area contributed by atoms with Crippen LogP contribution >= 0.6 is 0 Å². The predicted molar refractivity (Wildman–Crippen MR) is 61.3 cm³/mol. The molecule has 0 amide bonds. The number of nitrogens with two attached hydrogens (primary N) is 1. The second kappa shape index (κ2) is 5.56. The molecule has 0 aromatic heterocycles. The molecule has 17 heavy (non-hydrogen) atoms. The smallest absolute Gasteiger partial charge is 0.337 e. The summed E-state index contributed by atoms with van der Waals surface area (Å²) in [6.45, 7) is 0. The third-order valence-corrected chi connectivity index (χ3v) is 1.94. The number of esters is 1. The van der Waals surface area contributed by atoms with Crippen molar-refractivity contribution in [2.45, 2.75) is 6.42 Å². The molecular weight excluding hydrogens is 222 g/mol. The van der Waals surface area contributed by atoms with Crippen LogP contribution in [0.3, 0.4) is 0 Å². The number of carboxylic acid groups (broad SMARTS) is 1. The van der Waals surface area contributed by atoms with E-state index < -0.39 is 11.9 Å². The molecule has 3 N–H and O–H groups in total. The summed E-state index contributed by atoms with van der Waals surface area (Å²) < 4.78 is 4.55. The second-order valence-corrected chi connectivity index (χ2v) is 3.17. The van der Waals surface area contributed by atoms with E-state index in [1.165, 1.54) is 25.3 Å². The molecule has 0 atom stereocenters. The first-order chi connectivity index (χ1) is 8.04. The van der Waals surface area contributed by atoms with E-state index >= 15 is 0 Å². The van der Waals surface area contributed by atoms with Crippen molar-refractivity contribution < 1.29 is 19.4 Å². The van der Waals surface area contributed by atoms with Gasteiger partial charge >= 0.3 is 11.9 Å². The molecule has 1 aromatic rings. The van der Waals surface area contributed by atoms with Crippen LogP contribution in [0.25, 0.3) is 0 Å². The van der Waals surface area contributed by atoms with E-state index in [4.69, 9.17) is 10.8 Å². The van der Waals surface area contributed by atoms with E-state index in [1.54, 1.807) is 0 Å². The van der Waals surface area contributed by atoms with Crippen molar-refractivity contribution in [2.24, 2.45) is 0 Å². The van der Waals surface area contributed by atoms with E-state index in [0.29, 0.717) is 16.8 Å². The second-order valence-electron chi connectivity index (χ2n) is 3.17. The average Bonchev–Trinajstić information content (AvgIpc) is 2.30. The van der Waals surface area contributed by atoms with Crippen LogP contribution in [0, 0.1) is 11.8 Å². The summed E-state index contributed by atoms with van der Waals surface area (Å²) in [5, 5.41) is 8.43. The number of methoxy groups -OCH3 is 1. The summed E-state index contributed by atoms with van der Waals surface area (Å²) in [5.41, 5.74) is 6.76. The number of rotatable bonds is 2. The van der Waals surface area contributed by atoms with Crippen LogP contribution in [-0.4, -0.2) is 24.2 Å². The summed E-state index contributed by atoms with van der Waals surface area (Å²) in [4.78, 5) is 21.5. The van der Waals surface area contributed by atoms with Gasteiger partial charge in [0.15, 0.2) is 0 Å². The molecule has 0 saturated carbocycles. The number of ether oxygens (including phenoxy) is 1. The van der Waals surface area contributed by atoms with E-state index in [1.807, 2.05) is 0 Å². The molecule has 0 bridgehead atoms. The maximum atomic E-state index is 11.3. The molecule has 0 unspecified atom stereocenters. The minimum atomic E-state index is -1.01. The highest BCUT2D eigenvalue weighted by molar-refractivity contribution is 5.90. The van der Waals surface area contributed by atoms with Gasteiger partial charge in [0.05, 0.1) is 12.7 Å². The number of aliphatic carboxylic acids is 1. The molecular formula is C12H11NO4. The molecule has 0 radical (unpaired) electrons. The van der Waals surface area contributed by atoms with E-state index in [2.05, 4.69) is 16.6 Å². The van der Waals surface area contributed by atoms with Gasteiger partial charge in [-0.1, -0.05) is 11.8 Å². The molecule has 5 heteroatoms. The fraction of sp³-hybridized carbons (Fsp3) is 0.167. The monoisotopic (exact) mass is 233 g/mol. The summed E-state index contributed by atoms with van der Waals surface area (Å²) in [7, 11) is 1.27. The molecule has 0 aliphatic carbocycles. The SMILES string of the molecule is COC(=O)c1ccc(N)c(C#CCC(=O)O)c1. The van der Waals surface area contributed by atoms with Crippen LogP contribution in [0.5, 0.6) is 0 Å². The van der Waals surface area contributed by atoms with Crippen molar-refractivity contribution in [3.8, 4) is 11.8 Å². The lowest BCUT2D eigenvalue weighted by Crippen LogP contribution is -2.02. The van der Waals surface area contributed by atoms with Crippen molar-refractivity contribution in [1.82, 2.24) is 0 Å². The number of carbonyl (C=O) groups is 2. The van der Waals surface area contributed by atoms with Gasteiger partial charge in [-0.2, -0.15) is 0 Å². The van der Waals surface area contributed by atoms with Crippen LogP contribution in [-0.2, 0) is 9.53 Å². The molecule has 88 valence electrons. The molecule has 1 aromatic carbocycles. The highest BCUT2D eigenvalue weighted by Gasteiger charge is 2.06. The average molecular weight is 233 g/mol. The molecule has 0 aliphatic rings. The number of hydrogen-bond acceptors (Lipinski definition) is 4. The Morgan fingerprint density at radius 3 is 2.76 bits per heavy atom.